The Morgan fingerprint density at radius 3 is 2.13 bits per heavy atom. The van der Waals surface area contributed by atoms with E-state index in [9.17, 15) is 5.11 Å². The highest BCUT2D eigenvalue weighted by Gasteiger charge is 2.37. The summed E-state index contributed by atoms with van der Waals surface area (Å²) in [5, 5.41) is 11.0. The van der Waals surface area contributed by atoms with Crippen molar-refractivity contribution in [1.82, 2.24) is 0 Å². The summed E-state index contributed by atoms with van der Waals surface area (Å²) in [6.07, 6.45) is 2.58. The third kappa shape index (κ3) is 1.82. The number of benzene rings is 1. The zero-order chi connectivity index (χ0) is 11.1. The highest BCUT2D eigenvalue weighted by molar-refractivity contribution is 6.37. The average molecular weight is 247 g/mol. The molecule has 0 aromatic heterocycles. The molecule has 1 N–H and O–H groups in total. The molecule has 15 heavy (non-hydrogen) atoms. The van der Waals surface area contributed by atoms with Crippen molar-refractivity contribution in [1.29, 1.82) is 0 Å². The summed E-state index contributed by atoms with van der Waals surface area (Å²) in [4.78, 5) is 0. The van der Waals surface area contributed by atoms with Crippen molar-refractivity contribution in [3.05, 3.63) is 27.7 Å². The fraction of sp³-hybridized carbons (Fsp3) is 0.455. The zero-order valence-corrected chi connectivity index (χ0v) is 9.90. The van der Waals surface area contributed by atoms with Gasteiger partial charge >= 0.3 is 0 Å². The fourth-order valence-corrected chi connectivity index (χ4v) is 2.47. The molecule has 82 valence electrons. The summed E-state index contributed by atoms with van der Waals surface area (Å²) >= 11 is 12.0. The van der Waals surface area contributed by atoms with E-state index in [1.807, 2.05) is 0 Å². The largest absolute Gasteiger partial charge is 0.494 e. The van der Waals surface area contributed by atoms with Gasteiger partial charge in [0.05, 0.1) is 22.8 Å². The van der Waals surface area contributed by atoms with Crippen molar-refractivity contribution < 1.29 is 9.84 Å². The van der Waals surface area contributed by atoms with Crippen molar-refractivity contribution in [2.45, 2.75) is 24.9 Å². The Hall–Kier alpha value is -0.440. The molecule has 0 heterocycles. The molecule has 2 rings (SSSR count). The van der Waals surface area contributed by atoms with Crippen molar-refractivity contribution in [3.8, 4) is 5.75 Å². The molecule has 0 spiro atoms. The van der Waals surface area contributed by atoms with Gasteiger partial charge in [-0.1, -0.05) is 23.2 Å². The van der Waals surface area contributed by atoms with Crippen LogP contribution in [0.2, 0.25) is 10.0 Å². The highest BCUT2D eigenvalue weighted by atomic mass is 35.5. The number of ether oxygens (including phenoxy) is 1. The lowest BCUT2D eigenvalue weighted by Gasteiger charge is -2.37. The topological polar surface area (TPSA) is 29.5 Å². The van der Waals surface area contributed by atoms with Crippen LogP contribution in [0.15, 0.2) is 12.1 Å². The van der Waals surface area contributed by atoms with Crippen LogP contribution in [0.1, 0.15) is 24.8 Å². The van der Waals surface area contributed by atoms with Crippen LogP contribution >= 0.6 is 23.2 Å². The SMILES string of the molecule is COc1c(Cl)cc(C2(O)CCC2)cc1Cl. The van der Waals surface area contributed by atoms with Gasteiger partial charge in [0.2, 0.25) is 0 Å². The molecular weight excluding hydrogens is 235 g/mol. The van der Waals surface area contributed by atoms with E-state index < -0.39 is 5.60 Å². The molecule has 1 aliphatic carbocycles. The molecule has 1 fully saturated rings. The van der Waals surface area contributed by atoms with E-state index in [4.69, 9.17) is 27.9 Å². The monoisotopic (exact) mass is 246 g/mol. The van der Waals surface area contributed by atoms with E-state index >= 15 is 0 Å². The van der Waals surface area contributed by atoms with Gasteiger partial charge in [-0.2, -0.15) is 0 Å². The minimum absolute atomic E-state index is 0.445. The van der Waals surface area contributed by atoms with Crippen LogP contribution in [-0.2, 0) is 5.60 Å². The van der Waals surface area contributed by atoms with Gasteiger partial charge in [-0.25, -0.2) is 0 Å². The Labute approximate surface area is 98.8 Å². The van der Waals surface area contributed by atoms with Gasteiger partial charge < -0.3 is 9.84 Å². The molecule has 4 heteroatoms. The van der Waals surface area contributed by atoms with Gasteiger partial charge in [0.1, 0.15) is 0 Å². The molecule has 0 amide bonds. The van der Waals surface area contributed by atoms with Crippen LogP contribution in [0.3, 0.4) is 0 Å². The summed E-state index contributed by atoms with van der Waals surface area (Å²) in [5.74, 6) is 0.463. The molecule has 0 radical (unpaired) electrons. The Balaban J connectivity index is 2.43. The van der Waals surface area contributed by atoms with Gasteiger partial charge in [-0.3, -0.25) is 0 Å². The van der Waals surface area contributed by atoms with Crippen molar-refractivity contribution in [3.63, 3.8) is 0 Å². The predicted molar refractivity (Wildman–Crippen MR) is 60.8 cm³/mol. The number of methoxy groups -OCH3 is 1. The Morgan fingerprint density at radius 2 is 1.80 bits per heavy atom. The number of halogens is 2. The first-order valence-corrected chi connectivity index (χ1v) is 5.58. The maximum atomic E-state index is 10.1. The van der Waals surface area contributed by atoms with Crippen LogP contribution in [0.25, 0.3) is 0 Å². The van der Waals surface area contributed by atoms with Crippen LogP contribution in [-0.4, -0.2) is 12.2 Å². The van der Waals surface area contributed by atoms with Gasteiger partial charge in [0, 0.05) is 0 Å². The summed E-state index contributed by atoms with van der Waals surface area (Å²) < 4.78 is 5.05. The maximum Gasteiger partial charge on any atom is 0.156 e. The molecule has 0 atom stereocenters. The summed E-state index contributed by atoms with van der Waals surface area (Å²) in [7, 11) is 1.52. The average Bonchev–Trinajstić information content (AvgIpc) is 2.13. The second-order valence-corrected chi connectivity index (χ2v) is 4.67. The highest BCUT2D eigenvalue weighted by Crippen LogP contribution is 2.45. The van der Waals surface area contributed by atoms with Crippen LogP contribution < -0.4 is 4.74 Å². The van der Waals surface area contributed by atoms with Gasteiger partial charge in [-0.05, 0) is 37.0 Å². The smallest absolute Gasteiger partial charge is 0.156 e. The van der Waals surface area contributed by atoms with E-state index in [-0.39, 0.29) is 0 Å². The minimum atomic E-state index is -0.737. The standard InChI is InChI=1S/C11H12Cl2O2/c1-15-10-8(12)5-7(6-9(10)13)11(14)3-2-4-11/h5-6,14H,2-4H2,1H3. The lowest BCUT2D eigenvalue weighted by molar-refractivity contribution is -0.0388. The molecule has 0 aliphatic heterocycles. The Bertz CT molecular complexity index is 363. The minimum Gasteiger partial charge on any atom is -0.494 e. The maximum absolute atomic E-state index is 10.1. The first-order chi connectivity index (χ1) is 7.07. The third-order valence-corrected chi connectivity index (χ3v) is 3.48. The number of hydrogen-bond donors (Lipinski definition) is 1. The van der Waals surface area contributed by atoms with E-state index in [0.717, 1.165) is 24.8 Å². The lowest BCUT2D eigenvalue weighted by atomic mass is 9.75. The van der Waals surface area contributed by atoms with Gasteiger partial charge in [0.15, 0.2) is 5.75 Å². The van der Waals surface area contributed by atoms with E-state index in [1.165, 1.54) is 7.11 Å². The molecule has 2 nitrogen and oxygen atoms in total. The molecule has 0 bridgehead atoms. The van der Waals surface area contributed by atoms with Gasteiger partial charge in [-0.15, -0.1) is 0 Å². The summed E-state index contributed by atoms with van der Waals surface area (Å²) in [5.41, 5.74) is 0.0454. The summed E-state index contributed by atoms with van der Waals surface area (Å²) in [6.45, 7) is 0. The van der Waals surface area contributed by atoms with Crippen LogP contribution in [0, 0.1) is 0 Å². The van der Waals surface area contributed by atoms with Crippen molar-refractivity contribution in [2.75, 3.05) is 7.11 Å². The second-order valence-electron chi connectivity index (χ2n) is 3.86. The molecule has 0 unspecified atom stereocenters. The third-order valence-electron chi connectivity index (χ3n) is 2.92. The number of aliphatic hydroxyl groups is 1. The molecule has 1 aromatic rings. The fourth-order valence-electron chi connectivity index (χ4n) is 1.82. The van der Waals surface area contributed by atoms with Crippen LogP contribution in [0.5, 0.6) is 5.75 Å². The quantitative estimate of drug-likeness (QED) is 0.868. The Kier molecular flexibility index (Phi) is 2.84. The van der Waals surface area contributed by atoms with E-state index in [0.29, 0.717) is 15.8 Å². The number of hydrogen-bond acceptors (Lipinski definition) is 2. The first-order valence-electron chi connectivity index (χ1n) is 4.83. The van der Waals surface area contributed by atoms with Crippen molar-refractivity contribution in [2.24, 2.45) is 0 Å². The molecule has 1 aromatic carbocycles. The molecule has 1 saturated carbocycles. The zero-order valence-electron chi connectivity index (χ0n) is 8.39. The first kappa shape index (κ1) is 11.1. The van der Waals surface area contributed by atoms with Gasteiger partial charge in [0.25, 0.3) is 0 Å². The van der Waals surface area contributed by atoms with E-state index in [2.05, 4.69) is 0 Å². The van der Waals surface area contributed by atoms with E-state index in [1.54, 1.807) is 12.1 Å². The molecular formula is C11H12Cl2O2. The Morgan fingerprint density at radius 1 is 1.27 bits per heavy atom. The van der Waals surface area contributed by atoms with Crippen LogP contribution in [0.4, 0.5) is 0 Å². The predicted octanol–water partition coefficient (Wildman–Crippen LogP) is 3.37. The summed E-state index contributed by atoms with van der Waals surface area (Å²) in [6, 6.07) is 3.46. The lowest BCUT2D eigenvalue weighted by Crippen LogP contribution is -2.33. The number of rotatable bonds is 2. The molecule has 1 aliphatic rings. The normalized spacial score (nSPS) is 18.4. The van der Waals surface area contributed by atoms with Crippen molar-refractivity contribution >= 4 is 23.2 Å². The second kappa shape index (κ2) is 3.85. The molecule has 0 saturated heterocycles.